The number of carbonyl (C=O) groups is 1. The first-order valence-corrected chi connectivity index (χ1v) is 7.83. The average molecular weight is 313 g/mol. The zero-order chi connectivity index (χ0) is 15.7. The number of urea groups is 1. The number of carbonyl (C=O) groups excluding carboxylic acids is 1. The van der Waals surface area contributed by atoms with Crippen LogP contribution in [0.2, 0.25) is 0 Å². The van der Waals surface area contributed by atoms with Crippen LogP contribution in [0.5, 0.6) is 0 Å². The van der Waals surface area contributed by atoms with E-state index in [0.717, 1.165) is 26.8 Å². The van der Waals surface area contributed by atoms with E-state index in [4.69, 9.17) is 0 Å². The maximum absolute atomic E-state index is 11.6. The number of benzene rings is 1. The lowest BCUT2D eigenvalue weighted by atomic mass is 9.92. The second-order valence-corrected chi connectivity index (χ2v) is 6.05. The molecule has 6 nitrogen and oxygen atoms in total. The third-order valence-corrected chi connectivity index (χ3v) is 4.39. The molecule has 2 heterocycles. The van der Waals surface area contributed by atoms with Gasteiger partial charge in [-0.3, -0.25) is 10.00 Å². The third kappa shape index (κ3) is 2.82. The van der Waals surface area contributed by atoms with E-state index >= 15 is 0 Å². The number of aromatic nitrogens is 3. The zero-order valence-corrected chi connectivity index (χ0v) is 13.5. The molecule has 0 unspecified atom stereocenters. The molecular weight excluding hydrogens is 297 g/mol. The van der Waals surface area contributed by atoms with Gasteiger partial charge in [0.15, 0.2) is 5.13 Å². The molecule has 0 saturated heterocycles. The summed E-state index contributed by atoms with van der Waals surface area (Å²) in [4.78, 5) is 16.1. The van der Waals surface area contributed by atoms with Gasteiger partial charge in [0.1, 0.15) is 7.85 Å². The summed E-state index contributed by atoms with van der Waals surface area (Å²) >= 11 is 1.48. The van der Waals surface area contributed by atoms with E-state index in [0.29, 0.717) is 11.7 Å². The molecule has 0 saturated carbocycles. The number of hydrogen-bond donors (Lipinski definition) is 2. The Morgan fingerprint density at radius 2 is 2.23 bits per heavy atom. The van der Waals surface area contributed by atoms with Crippen LogP contribution >= 0.6 is 11.3 Å². The Hall–Kier alpha value is -2.35. The van der Waals surface area contributed by atoms with E-state index in [1.54, 1.807) is 4.68 Å². The minimum Gasteiger partial charge on any atom is -0.338 e. The molecule has 0 aliphatic rings. The van der Waals surface area contributed by atoms with Gasteiger partial charge in [-0.1, -0.05) is 22.9 Å². The van der Waals surface area contributed by atoms with E-state index in [-0.39, 0.29) is 6.03 Å². The molecule has 2 aromatic heterocycles. The first kappa shape index (κ1) is 14.6. The number of fused-ring (bicyclic) bond motifs is 1. The van der Waals surface area contributed by atoms with Gasteiger partial charge in [0.05, 0.1) is 16.4 Å². The Labute approximate surface area is 133 Å². The second kappa shape index (κ2) is 5.80. The van der Waals surface area contributed by atoms with Crippen LogP contribution < -0.4 is 16.1 Å². The zero-order valence-electron chi connectivity index (χ0n) is 12.7. The Bertz CT molecular complexity index is 841. The molecule has 8 heteroatoms. The predicted molar refractivity (Wildman–Crippen MR) is 92.7 cm³/mol. The molecule has 0 aliphatic carbocycles. The molecule has 0 spiro atoms. The molecule has 2 amide bonds. The highest BCUT2D eigenvalue weighted by molar-refractivity contribution is 7.23. The maximum atomic E-state index is 11.6. The van der Waals surface area contributed by atoms with Crippen molar-refractivity contribution in [3.63, 3.8) is 0 Å². The molecule has 0 fully saturated rings. The fourth-order valence-corrected chi connectivity index (χ4v) is 3.20. The van der Waals surface area contributed by atoms with Gasteiger partial charge in [-0.15, -0.1) is 0 Å². The minimum atomic E-state index is -0.230. The number of rotatable bonds is 3. The van der Waals surface area contributed by atoms with Crippen molar-refractivity contribution in [2.75, 3.05) is 11.9 Å². The third-order valence-electron chi connectivity index (χ3n) is 3.27. The Balaban J connectivity index is 1.98. The van der Waals surface area contributed by atoms with E-state index < -0.39 is 0 Å². The Kier molecular flexibility index (Phi) is 3.85. The molecule has 3 rings (SSSR count). The van der Waals surface area contributed by atoms with Gasteiger partial charge in [-0.25, -0.2) is 9.78 Å². The smallest absolute Gasteiger partial charge is 0.321 e. The van der Waals surface area contributed by atoms with Crippen molar-refractivity contribution < 1.29 is 4.79 Å². The lowest BCUT2D eigenvalue weighted by molar-refractivity contribution is 0.252. The van der Waals surface area contributed by atoms with Gasteiger partial charge in [0, 0.05) is 25.4 Å². The number of nitrogens with one attached hydrogen (secondary N) is 2. The highest BCUT2D eigenvalue weighted by Crippen LogP contribution is 2.28. The normalized spacial score (nSPS) is 10.8. The second-order valence-electron chi connectivity index (χ2n) is 5.05. The summed E-state index contributed by atoms with van der Waals surface area (Å²) in [5.74, 6) is 0. The molecule has 0 aliphatic heterocycles. The van der Waals surface area contributed by atoms with Crippen molar-refractivity contribution in [3.05, 3.63) is 24.5 Å². The van der Waals surface area contributed by atoms with Crippen LogP contribution in [-0.2, 0) is 7.05 Å². The predicted octanol–water partition coefficient (Wildman–Crippen LogP) is 1.10. The number of thiazole rings is 1. The summed E-state index contributed by atoms with van der Waals surface area (Å²) in [7, 11) is 3.95. The first-order chi connectivity index (χ1) is 10.6. The molecule has 3 aromatic rings. The number of aryl methyl sites for hydroxylation is 1. The monoisotopic (exact) mass is 313 g/mol. The molecule has 112 valence electrons. The molecule has 0 radical (unpaired) electrons. The van der Waals surface area contributed by atoms with Crippen LogP contribution in [-0.4, -0.2) is 35.2 Å². The minimum absolute atomic E-state index is 0.230. The summed E-state index contributed by atoms with van der Waals surface area (Å²) in [6, 6.07) is 3.92. The van der Waals surface area contributed by atoms with Gasteiger partial charge >= 0.3 is 6.03 Å². The van der Waals surface area contributed by atoms with Crippen molar-refractivity contribution in [2.24, 2.45) is 7.05 Å². The lowest BCUT2D eigenvalue weighted by Gasteiger charge is -2.00. The maximum Gasteiger partial charge on any atom is 0.321 e. The largest absolute Gasteiger partial charge is 0.338 e. The number of amides is 2. The van der Waals surface area contributed by atoms with Gasteiger partial charge in [0.25, 0.3) is 0 Å². The summed E-state index contributed by atoms with van der Waals surface area (Å²) < 4.78 is 2.86. The number of hydrogen-bond acceptors (Lipinski definition) is 4. The highest BCUT2D eigenvalue weighted by Gasteiger charge is 2.11. The van der Waals surface area contributed by atoms with E-state index in [1.165, 1.54) is 11.3 Å². The van der Waals surface area contributed by atoms with E-state index in [2.05, 4.69) is 34.6 Å². The Morgan fingerprint density at radius 1 is 1.41 bits per heavy atom. The van der Waals surface area contributed by atoms with Gasteiger partial charge in [-0.05, 0) is 18.6 Å². The topological polar surface area (TPSA) is 71.8 Å². The Morgan fingerprint density at radius 3 is 2.91 bits per heavy atom. The molecule has 1 aromatic carbocycles. The van der Waals surface area contributed by atoms with Gasteiger partial charge < -0.3 is 5.32 Å². The number of nitrogens with zero attached hydrogens (tertiary/aromatic N) is 3. The highest BCUT2D eigenvalue weighted by atomic mass is 32.1. The van der Waals surface area contributed by atoms with Gasteiger partial charge in [0.2, 0.25) is 0 Å². The van der Waals surface area contributed by atoms with Crippen molar-refractivity contribution >= 4 is 46.0 Å². The number of anilines is 1. The fourth-order valence-electron chi connectivity index (χ4n) is 2.29. The summed E-state index contributed by atoms with van der Waals surface area (Å²) in [5.41, 5.74) is 4.15. The lowest BCUT2D eigenvalue weighted by Crippen LogP contribution is -2.28. The van der Waals surface area contributed by atoms with Crippen LogP contribution in [0.3, 0.4) is 0 Å². The first-order valence-electron chi connectivity index (χ1n) is 7.02. The SMILES string of the molecule is Bc1cc(-c2cnn(C)c2)cc2nc(NC(=O)NCC)sc12. The summed E-state index contributed by atoms with van der Waals surface area (Å²) in [6.45, 7) is 2.46. The van der Waals surface area contributed by atoms with Crippen LogP contribution in [0, 0.1) is 0 Å². The summed E-state index contributed by atoms with van der Waals surface area (Å²) in [6.07, 6.45) is 3.81. The van der Waals surface area contributed by atoms with Crippen LogP contribution in [0.4, 0.5) is 9.93 Å². The van der Waals surface area contributed by atoms with Gasteiger partial charge in [-0.2, -0.15) is 5.10 Å². The van der Waals surface area contributed by atoms with E-state index in [1.807, 2.05) is 32.4 Å². The van der Waals surface area contributed by atoms with Crippen LogP contribution in [0.1, 0.15) is 6.92 Å². The fraction of sp³-hybridized carbons (Fsp3) is 0.214. The van der Waals surface area contributed by atoms with Crippen LogP contribution in [0.15, 0.2) is 24.5 Å². The quantitative estimate of drug-likeness (QED) is 0.711. The molecule has 22 heavy (non-hydrogen) atoms. The van der Waals surface area contributed by atoms with Crippen LogP contribution in [0.25, 0.3) is 21.3 Å². The average Bonchev–Trinajstić information content (AvgIpc) is 3.05. The van der Waals surface area contributed by atoms with Crippen molar-refractivity contribution in [3.8, 4) is 11.1 Å². The molecule has 0 atom stereocenters. The van der Waals surface area contributed by atoms with Crippen molar-refractivity contribution in [1.29, 1.82) is 0 Å². The standard InChI is InChI=1S/C14H16BN5OS/c1-3-16-13(21)19-14-18-11-5-8(4-10(15)12(11)22-14)9-6-17-20(2)7-9/h4-7H,3,15H2,1-2H3,(H2,16,18,19,21). The summed E-state index contributed by atoms with van der Waals surface area (Å²) in [5, 5.41) is 10.3. The molecule has 2 N–H and O–H groups in total. The van der Waals surface area contributed by atoms with Crippen molar-refractivity contribution in [2.45, 2.75) is 6.92 Å². The van der Waals surface area contributed by atoms with Crippen molar-refractivity contribution in [1.82, 2.24) is 20.1 Å². The van der Waals surface area contributed by atoms with E-state index in [9.17, 15) is 4.79 Å². The molecule has 0 bridgehead atoms. The molecular formula is C14H16BN5OS.